The SMILES string of the molecule is O=C(CN1CCCCC1=O)NCc1cc(C(F)(F)F)ccc1Cl. The molecule has 1 aromatic rings. The van der Waals surface area contributed by atoms with E-state index in [2.05, 4.69) is 5.32 Å². The molecule has 1 fully saturated rings. The van der Waals surface area contributed by atoms with Crippen molar-refractivity contribution in [2.45, 2.75) is 32.0 Å². The van der Waals surface area contributed by atoms with Crippen LogP contribution >= 0.6 is 11.6 Å². The Labute approximate surface area is 136 Å². The van der Waals surface area contributed by atoms with E-state index in [9.17, 15) is 22.8 Å². The monoisotopic (exact) mass is 348 g/mol. The van der Waals surface area contributed by atoms with Crippen LogP contribution in [0.15, 0.2) is 18.2 Å². The highest BCUT2D eigenvalue weighted by Crippen LogP contribution is 2.31. The predicted octanol–water partition coefficient (Wildman–Crippen LogP) is 2.99. The van der Waals surface area contributed by atoms with Crippen molar-refractivity contribution in [3.05, 3.63) is 34.3 Å². The first-order valence-corrected chi connectivity index (χ1v) is 7.55. The van der Waals surface area contributed by atoms with Crippen LogP contribution < -0.4 is 5.32 Å². The minimum absolute atomic E-state index is 0.0801. The Morgan fingerprint density at radius 1 is 1.30 bits per heavy atom. The molecule has 0 aromatic heterocycles. The average molecular weight is 349 g/mol. The molecule has 2 amide bonds. The summed E-state index contributed by atoms with van der Waals surface area (Å²) >= 11 is 5.86. The second-order valence-corrected chi connectivity index (χ2v) is 5.76. The lowest BCUT2D eigenvalue weighted by Crippen LogP contribution is -2.42. The normalized spacial score (nSPS) is 15.7. The van der Waals surface area contributed by atoms with E-state index in [1.54, 1.807) is 0 Å². The van der Waals surface area contributed by atoms with Gasteiger partial charge in [0.15, 0.2) is 0 Å². The molecule has 1 aliphatic heterocycles. The molecule has 0 radical (unpaired) electrons. The molecule has 0 saturated carbocycles. The van der Waals surface area contributed by atoms with Gasteiger partial charge in [0.05, 0.1) is 12.1 Å². The number of piperidine rings is 1. The molecular formula is C15H16ClF3N2O2. The fourth-order valence-corrected chi connectivity index (χ4v) is 2.52. The van der Waals surface area contributed by atoms with Gasteiger partial charge in [0.2, 0.25) is 11.8 Å². The molecule has 23 heavy (non-hydrogen) atoms. The quantitative estimate of drug-likeness (QED) is 0.909. The number of carbonyl (C=O) groups excluding carboxylic acids is 2. The maximum Gasteiger partial charge on any atom is 0.416 e. The van der Waals surface area contributed by atoms with Crippen LogP contribution in [-0.2, 0) is 22.3 Å². The van der Waals surface area contributed by atoms with E-state index in [0.717, 1.165) is 31.0 Å². The van der Waals surface area contributed by atoms with Crippen molar-refractivity contribution in [2.75, 3.05) is 13.1 Å². The van der Waals surface area contributed by atoms with Crippen LogP contribution in [0, 0.1) is 0 Å². The van der Waals surface area contributed by atoms with Gasteiger partial charge in [0.25, 0.3) is 0 Å². The van der Waals surface area contributed by atoms with Crippen molar-refractivity contribution in [3.8, 4) is 0 Å². The largest absolute Gasteiger partial charge is 0.416 e. The predicted molar refractivity (Wildman–Crippen MR) is 78.7 cm³/mol. The Morgan fingerprint density at radius 2 is 2.04 bits per heavy atom. The maximum atomic E-state index is 12.7. The first-order valence-electron chi connectivity index (χ1n) is 7.17. The van der Waals surface area contributed by atoms with Crippen LogP contribution in [0.2, 0.25) is 5.02 Å². The summed E-state index contributed by atoms with van der Waals surface area (Å²) in [7, 11) is 0. The Bertz CT molecular complexity index is 605. The summed E-state index contributed by atoms with van der Waals surface area (Å²) in [6.45, 7) is 0.315. The minimum atomic E-state index is -4.47. The van der Waals surface area contributed by atoms with Crippen molar-refractivity contribution in [1.82, 2.24) is 10.2 Å². The summed E-state index contributed by atoms with van der Waals surface area (Å²) in [5.74, 6) is -0.503. The molecule has 0 atom stereocenters. The zero-order valence-corrected chi connectivity index (χ0v) is 13.0. The zero-order valence-electron chi connectivity index (χ0n) is 12.3. The van der Waals surface area contributed by atoms with E-state index in [-0.39, 0.29) is 29.6 Å². The lowest BCUT2D eigenvalue weighted by atomic mass is 10.1. The van der Waals surface area contributed by atoms with Crippen molar-refractivity contribution >= 4 is 23.4 Å². The number of nitrogens with zero attached hydrogens (tertiary/aromatic N) is 1. The van der Waals surface area contributed by atoms with Crippen LogP contribution in [0.1, 0.15) is 30.4 Å². The van der Waals surface area contributed by atoms with Crippen molar-refractivity contribution < 1.29 is 22.8 Å². The lowest BCUT2D eigenvalue weighted by Gasteiger charge is -2.26. The number of benzene rings is 1. The number of amides is 2. The fraction of sp³-hybridized carbons (Fsp3) is 0.467. The van der Waals surface area contributed by atoms with E-state index in [1.165, 1.54) is 4.90 Å². The van der Waals surface area contributed by atoms with Gasteiger partial charge in [0.1, 0.15) is 0 Å². The molecule has 1 N–H and O–H groups in total. The molecule has 1 aliphatic rings. The fourth-order valence-electron chi connectivity index (χ4n) is 2.34. The Balaban J connectivity index is 1.94. The van der Waals surface area contributed by atoms with Crippen LogP contribution in [0.3, 0.4) is 0 Å². The standard InChI is InChI=1S/C15H16ClF3N2O2/c16-12-5-4-11(15(17,18)19)7-10(12)8-20-13(22)9-21-6-2-1-3-14(21)23/h4-5,7H,1-3,6,8-9H2,(H,20,22). The summed E-state index contributed by atoms with van der Waals surface area (Å²) in [4.78, 5) is 24.9. The van der Waals surface area contributed by atoms with E-state index in [4.69, 9.17) is 11.6 Å². The summed E-state index contributed by atoms with van der Waals surface area (Å²) in [6.07, 6.45) is -2.38. The number of halogens is 4. The number of nitrogens with one attached hydrogen (secondary N) is 1. The molecule has 0 unspecified atom stereocenters. The van der Waals surface area contributed by atoms with Crippen molar-refractivity contribution in [3.63, 3.8) is 0 Å². The highest BCUT2D eigenvalue weighted by atomic mass is 35.5. The molecule has 1 heterocycles. The molecule has 1 saturated heterocycles. The molecule has 126 valence electrons. The molecule has 8 heteroatoms. The van der Waals surface area contributed by atoms with Gasteiger partial charge in [-0.2, -0.15) is 13.2 Å². The topological polar surface area (TPSA) is 49.4 Å². The molecule has 0 aliphatic carbocycles. The second kappa shape index (κ2) is 7.21. The lowest BCUT2D eigenvalue weighted by molar-refractivity contribution is -0.138. The number of rotatable bonds is 4. The number of likely N-dealkylation sites (tertiary alicyclic amines) is 1. The molecule has 2 rings (SSSR count). The summed E-state index contributed by atoms with van der Waals surface area (Å²) < 4.78 is 38.0. The van der Waals surface area contributed by atoms with Crippen LogP contribution in [-0.4, -0.2) is 29.8 Å². The van der Waals surface area contributed by atoms with Gasteiger partial charge in [-0.1, -0.05) is 11.6 Å². The minimum Gasteiger partial charge on any atom is -0.350 e. The first kappa shape index (κ1) is 17.6. The highest BCUT2D eigenvalue weighted by molar-refractivity contribution is 6.31. The van der Waals surface area contributed by atoms with Gasteiger partial charge in [-0.15, -0.1) is 0 Å². The van der Waals surface area contributed by atoms with Crippen LogP contribution in [0.5, 0.6) is 0 Å². The van der Waals surface area contributed by atoms with Gasteiger partial charge in [-0.25, -0.2) is 0 Å². The Kier molecular flexibility index (Phi) is 5.51. The van der Waals surface area contributed by atoms with Crippen molar-refractivity contribution in [2.24, 2.45) is 0 Å². The van der Waals surface area contributed by atoms with Crippen molar-refractivity contribution in [1.29, 1.82) is 0 Å². The smallest absolute Gasteiger partial charge is 0.350 e. The number of carbonyl (C=O) groups is 2. The third kappa shape index (κ3) is 4.86. The van der Waals surface area contributed by atoms with E-state index < -0.39 is 17.6 Å². The van der Waals surface area contributed by atoms with Gasteiger partial charge in [-0.05, 0) is 36.6 Å². The Hall–Kier alpha value is -1.76. The average Bonchev–Trinajstić information content (AvgIpc) is 2.47. The molecule has 4 nitrogen and oxygen atoms in total. The van der Waals surface area contributed by atoms with Crippen LogP contribution in [0.4, 0.5) is 13.2 Å². The Morgan fingerprint density at radius 3 is 2.70 bits per heavy atom. The summed E-state index contributed by atoms with van der Waals surface area (Å²) in [6, 6.07) is 2.95. The number of alkyl halides is 3. The summed E-state index contributed by atoms with van der Waals surface area (Å²) in [5, 5.41) is 2.65. The first-order chi connectivity index (χ1) is 10.8. The van der Waals surface area contributed by atoms with Gasteiger partial charge < -0.3 is 10.2 Å². The zero-order chi connectivity index (χ0) is 17.0. The third-order valence-electron chi connectivity index (χ3n) is 3.60. The molecule has 0 bridgehead atoms. The highest BCUT2D eigenvalue weighted by Gasteiger charge is 2.31. The molecular weight excluding hydrogens is 333 g/mol. The van der Waals surface area contributed by atoms with E-state index in [1.807, 2.05) is 0 Å². The van der Waals surface area contributed by atoms with Gasteiger partial charge in [0, 0.05) is 24.5 Å². The second-order valence-electron chi connectivity index (χ2n) is 5.35. The molecule has 1 aromatic carbocycles. The summed E-state index contributed by atoms with van der Waals surface area (Å²) in [5.41, 5.74) is -0.642. The number of hydrogen-bond acceptors (Lipinski definition) is 2. The maximum absolute atomic E-state index is 12.7. The van der Waals surface area contributed by atoms with E-state index >= 15 is 0 Å². The number of hydrogen-bond donors (Lipinski definition) is 1. The van der Waals surface area contributed by atoms with Crippen LogP contribution in [0.25, 0.3) is 0 Å². The third-order valence-corrected chi connectivity index (χ3v) is 3.97. The van der Waals surface area contributed by atoms with Gasteiger partial charge >= 0.3 is 6.18 Å². The van der Waals surface area contributed by atoms with E-state index in [0.29, 0.717) is 13.0 Å². The van der Waals surface area contributed by atoms with Gasteiger partial charge in [-0.3, -0.25) is 9.59 Å². The molecule has 0 spiro atoms.